The van der Waals surface area contributed by atoms with Crippen molar-refractivity contribution in [1.29, 1.82) is 0 Å². The van der Waals surface area contributed by atoms with Crippen molar-refractivity contribution in [2.45, 2.75) is 26.3 Å². The van der Waals surface area contributed by atoms with E-state index in [9.17, 15) is 4.39 Å². The second-order valence-electron chi connectivity index (χ2n) is 6.15. The summed E-state index contributed by atoms with van der Waals surface area (Å²) in [4.78, 5) is 2.42. The van der Waals surface area contributed by atoms with E-state index in [0.29, 0.717) is 5.41 Å². The summed E-state index contributed by atoms with van der Waals surface area (Å²) < 4.78 is 18.9. The van der Waals surface area contributed by atoms with E-state index in [1.54, 1.807) is 6.07 Å². The number of rotatable bonds is 3. The molecule has 1 aromatic rings. The van der Waals surface area contributed by atoms with E-state index in [4.69, 9.17) is 4.74 Å². The lowest BCUT2D eigenvalue weighted by Crippen LogP contribution is -2.65. The molecule has 2 saturated heterocycles. The van der Waals surface area contributed by atoms with E-state index in [-0.39, 0.29) is 11.7 Å². The first-order valence-electron chi connectivity index (χ1n) is 6.66. The molecule has 2 heterocycles. The topological polar surface area (TPSA) is 12.5 Å². The lowest BCUT2D eigenvalue weighted by Gasteiger charge is -2.55. The van der Waals surface area contributed by atoms with Crippen molar-refractivity contribution in [2.24, 2.45) is 5.41 Å². The number of ether oxygens (including phenoxy) is 1. The van der Waals surface area contributed by atoms with Gasteiger partial charge in [0.2, 0.25) is 0 Å². The fourth-order valence-electron chi connectivity index (χ4n) is 2.98. The predicted octanol–water partition coefficient (Wildman–Crippen LogP) is 2.78. The van der Waals surface area contributed by atoms with E-state index in [2.05, 4.69) is 4.90 Å². The lowest BCUT2D eigenvalue weighted by atomic mass is 9.78. The van der Waals surface area contributed by atoms with Gasteiger partial charge >= 0.3 is 0 Å². The first-order valence-corrected chi connectivity index (χ1v) is 6.66. The van der Waals surface area contributed by atoms with Crippen LogP contribution in [0.25, 0.3) is 0 Å². The molecule has 3 rings (SSSR count). The summed E-state index contributed by atoms with van der Waals surface area (Å²) in [6.07, 6.45) is 0. The van der Waals surface area contributed by atoms with E-state index in [0.717, 1.165) is 38.4 Å². The molecule has 0 N–H and O–H groups in total. The minimum atomic E-state index is -0.0822. The van der Waals surface area contributed by atoms with Gasteiger partial charge in [-0.1, -0.05) is 26.0 Å². The normalized spacial score (nSPS) is 22.0. The van der Waals surface area contributed by atoms with E-state index < -0.39 is 0 Å². The van der Waals surface area contributed by atoms with Crippen LogP contribution in [0.2, 0.25) is 0 Å². The molecule has 2 aliphatic rings. The van der Waals surface area contributed by atoms with Gasteiger partial charge in [0.15, 0.2) is 0 Å². The zero-order valence-electron chi connectivity index (χ0n) is 11.1. The summed E-state index contributed by atoms with van der Waals surface area (Å²) in [5, 5.41) is 0. The molecule has 0 amide bonds. The third-order valence-electron chi connectivity index (χ3n) is 4.02. The molecule has 1 aromatic carbocycles. The smallest absolute Gasteiger partial charge is 0.126 e. The average molecular weight is 249 g/mol. The highest BCUT2D eigenvalue weighted by atomic mass is 19.1. The van der Waals surface area contributed by atoms with Gasteiger partial charge in [-0.2, -0.15) is 0 Å². The molecule has 98 valence electrons. The maximum Gasteiger partial charge on any atom is 0.126 e. The molecule has 0 aliphatic carbocycles. The molecule has 2 nitrogen and oxygen atoms in total. The highest BCUT2D eigenvalue weighted by Crippen LogP contribution is 2.38. The maximum absolute atomic E-state index is 13.6. The molecule has 0 radical (unpaired) electrons. The van der Waals surface area contributed by atoms with E-state index in [1.165, 1.54) is 5.56 Å². The monoisotopic (exact) mass is 249 g/mol. The van der Waals surface area contributed by atoms with Crippen LogP contribution in [-0.2, 0) is 11.3 Å². The summed E-state index contributed by atoms with van der Waals surface area (Å²) in [6.45, 7) is 9.10. The maximum atomic E-state index is 13.6. The molecule has 2 fully saturated rings. The Morgan fingerprint density at radius 1 is 1.33 bits per heavy atom. The largest absolute Gasteiger partial charge is 0.380 e. The van der Waals surface area contributed by atoms with Crippen molar-refractivity contribution in [1.82, 2.24) is 4.90 Å². The first kappa shape index (κ1) is 12.1. The summed E-state index contributed by atoms with van der Waals surface area (Å²) in [6, 6.07) is 5.53. The van der Waals surface area contributed by atoms with Crippen molar-refractivity contribution < 1.29 is 9.13 Å². The molecular weight excluding hydrogens is 229 g/mol. The van der Waals surface area contributed by atoms with Crippen LogP contribution in [-0.4, -0.2) is 31.2 Å². The van der Waals surface area contributed by atoms with Crippen LogP contribution in [0.1, 0.15) is 30.9 Å². The van der Waals surface area contributed by atoms with Gasteiger partial charge in [0.1, 0.15) is 5.82 Å². The van der Waals surface area contributed by atoms with Crippen molar-refractivity contribution in [2.75, 3.05) is 26.3 Å². The van der Waals surface area contributed by atoms with Crippen LogP contribution >= 0.6 is 0 Å². The molecule has 3 heteroatoms. The minimum Gasteiger partial charge on any atom is -0.380 e. The Labute approximate surface area is 108 Å². The van der Waals surface area contributed by atoms with Crippen LogP contribution in [0.3, 0.4) is 0 Å². The lowest BCUT2D eigenvalue weighted by molar-refractivity contribution is -0.191. The van der Waals surface area contributed by atoms with E-state index >= 15 is 0 Å². The number of hydrogen-bond donors (Lipinski definition) is 0. The van der Waals surface area contributed by atoms with Crippen molar-refractivity contribution >= 4 is 0 Å². The highest BCUT2D eigenvalue weighted by molar-refractivity contribution is 5.27. The molecular formula is C15H20FNO. The van der Waals surface area contributed by atoms with Gasteiger partial charge in [-0.15, -0.1) is 0 Å². The summed E-state index contributed by atoms with van der Waals surface area (Å²) in [5.41, 5.74) is 2.51. The van der Waals surface area contributed by atoms with Gasteiger partial charge in [0.25, 0.3) is 0 Å². The van der Waals surface area contributed by atoms with Gasteiger partial charge in [0, 0.05) is 25.0 Å². The molecule has 18 heavy (non-hydrogen) atoms. The number of nitrogens with zero attached hydrogens (tertiary/aromatic N) is 1. The van der Waals surface area contributed by atoms with Crippen LogP contribution in [0.4, 0.5) is 4.39 Å². The number of halogens is 1. The number of likely N-dealkylation sites (tertiary alicyclic amines) is 1. The van der Waals surface area contributed by atoms with Gasteiger partial charge in [-0.3, -0.25) is 4.90 Å². The predicted molar refractivity (Wildman–Crippen MR) is 69.0 cm³/mol. The highest BCUT2D eigenvalue weighted by Gasteiger charge is 2.48. The van der Waals surface area contributed by atoms with E-state index in [1.807, 2.05) is 26.0 Å². The Kier molecular flexibility index (Phi) is 2.91. The molecule has 0 bridgehead atoms. The molecule has 1 spiro atoms. The van der Waals surface area contributed by atoms with Crippen molar-refractivity contribution in [3.8, 4) is 0 Å². The third-order valence-corrected chi connectivity index (χ3v) is 4.02. The van der Waals surface area contributed by atoms with Gasteiger partial charge in [0.05, 0.1) is 13.2 Å². The molecule has 2 aliphatic heterocycles. The number of hydrogen-bond acceptors (Lipinski definition) is 2. The van der Waals surface area contributed by atoms with Gasteiger partial charge < -0.3 is 4.74 Å². The molecule has 0 aromatic heterocycles. The second-order valence-corrected chi connectivity index (χ2v) is 6.15. The average Bonchev–Trinajstić information content (AvgIpc) is 2.22. The zero-order chi connectivity index (χ0) is 12.8. The van der Waals surface area contributed by atoms with Crippen LogP contribution < -0.4 is 0 Å². The summed E-state index contributed by atoms with van der Waals surface area (Å²) in [5.74, 6) is 0.161. The SMILES string of the molecule is CC(C)c1cc(CN2CC3(COC3)C2)ccc1F. The number of benzene rings is 1. The van der Waals surface area contributed by atoms with Gasteiger partial charge in [-0.05, 0) is 23.1 Å². The standard InChI is InChI=1S/C15H20FNO/c1-11(2)13-5-12(3-4-14(13)16)6-17-7-15(8-17)9-18-10-15/h3-5,11H,6-10H2,1-2H3. The minimum absolute atomic E-state index is 0.0822. The summed E-state index contributed by atoms with van der Waals surface area (Å²) in [7, 11) is 0. The van der Waals surface area contributed by atoms with Crippen molar-refractivity contribution in [3.63, 3.8) is 0 Å². The Morgan fingerprint density at radius 2 is 2.06 bits per heavy atom. The van der Waals surface area contributed by atoms with Crippen molar-refractivity contribution in [3.05, 3.63) is 35.1 Å². The molecule has 0 unspecified atom stereocenters. The fraction of sp³-hybridized carbons (Fsp3) is 0.600. The Bertz CT molecular complexity index is 446. The second kappa shape index (κ2) is 4.32. The first-order chi connectivity index (χ1) is 8.58. The van der Waals surface area contributed by atoms with Crippen LogP contribution in [0, 0.1) is 11.2 Å². The Balaban J connectivity index is 1.65. The van der Waals surface area contributed by atoms with Gasteiger partial charge in [-0.25, -0.2) is 4.39 Å². The fourth-order valence-corrected chi connectivity index (χ4v) is 2.98. The van der Waals surface area contributed by atoms with Crippen LogP contribution in [0.5, 0.6) is 0 Å². The van der Waals surface area contributed by atoms with Crippen LogP contribution in [0.15, 0.2) is 18.2 Å². The Morgan fingerprint density at radius 3 is 2.61 bits per heavy atom. The summed E-state index contributed by atoms with van der Waals surface area (Å²) >= 11 is 0. The quantitative estimate of drug-likeness (QED) is 0.816. The third kappa shape index (κ3) is 2.06. The molecule has 0 atom stereocenters. The Hall–Kier alpha value is -0.930. The zero-order valence-corrected chi connectivity index (χ0v) is 11.1. The molecule has 0 saturated carbocycles.